The van der Waals surface area contributed by atoms with Crippen LogP contribution in [0.1, 0.15) is 314 Å². The Morgan fingerprint density at radius 2 is 0.709 bits per heavy atom. The van der Waals surface area contributed by atoms with Gasteiger partial charge >= 0.3 is 0 Å². The third-order valence-electron chi connectivity index (χ3n) is 20.2. The lowest BCUT2D eigenvalue weighted by atomic mass is 9.73. The van der Waals surface area contributed by atoms with Crippen molar-refractivity contribution in [1.82, 2.24) is 0 Å². The minimum Gasteiger partial charge on any atom is -0.385 e. The fourth-order valence-corrected chi connectivity index (χ4v) is 16.0. The summed E-state index contributed by atoms with van der Waals surface area (Å²) in [7, 11) is 3.57. The average Bonchev–Trinajstić information content (AvgIpc) is 3.36. The quantitative estimate of drug-likeness (QED) is 0.0879. The van der Waals surface area contributed by atoms with E-state index in [0.717, 1.165) is 156 Å². The number of ether oxygens (including phenoxy) is 3. The van der Waals surface area contributed by atoms with Crippen LogP contribution in [0.5, 0.6) is 0 Å². The van der Waals surface area contributed by atoms with Crippen molar-refractivity contribution < 1.29 is 14.2 Å². The Bertz CT molecular complexity index is 1400. The summed E-state index contributed by atoms with van der Waals surface area (Å²) in [5.41, 5.74) is 1.48. The molecule has 0 spiro atoms. The summed E-state index contributed by atoms with van der Waals surface area (Å²) in [5, 5.41) is 0. The maximum Gasteiger partial charge on any atom is 0.0576 e. The smallest absolute Gasteiger partial charge is 0.0576 e. The average molecular weight is 1220 g/mol. The zero-order valence-corrected chi connectivity index (χ0v) is 67.4. The number of benzene rings is 1. The molecule has 2 unspecified atom stereocenters. The molecule has 0 aliphatic carbocycles. The summed E-state index contributed by atoms with van der Waals surface area (Å²) in [5.74, 6) is 22.1. The van der Waals surface area contributed by atoms with Crippen molar-refractivity contribution in [2.75, 3.05) is 34.0 Å². The predicted octanol–water partition coefficient (Wildman–Crippen LogP) is 27.1. The SMILES string of the molecule is CC(C)C(C(C)C)C(C)C.CC(C)C(C(C)C)C1CCOCC1.CC(C)C(C)C(C)C.CC(C)C(c1ccccc1)C(C)C.CCC(C(C)C)C(C)C.CCC(C)C(C(C)C)C(C)C.COC(C)C(C(C)C)C(C)C.COCCC(C(C)C)C(C)C. The van der Waals surface area contributed by atoms with Crippen molar-refractivity contribution in [3.63, 3.8) is 0 Å². The van der Waals surface area contributed by atoms with E-state index in [1.54, 1.807) is 14.2 Å². The van der Waals surface area contributed by atoms with Crippen LogP contribution in [0.3, 0.4) is 0 Å². The van der Waals surface area contributed by atoms with Crippen LogP contribution in [0, 0.1) is 154 Å². The molecule has 1 aliphatic heterocycles. The number of methoxy groups -OCH3 is 2. The van der Waals surface area contributed by atoms with Gasteiger partial charge in [-0.3, -0.25) is 0 Å². The molecule has 1 saturated heterocycles. The summed E-state index contributed by atoms with van der Waals surface area (Å²) >= 11 is 0. The minimum atomic E-state index is 0.384. The van der Waals surface area contributed by atoms with Gasteiger partial charge in [0.1, 0.15) is 0 Å². The predicted molar refractivity (Wildman–Crippen MR) is 398 cm³/mol. The summed E-state index contributed by atoms with van der Waals surface area (Å²) in [6, 6.07) is 10.8. The molecule has 0 amide bonds. The van der Waals surface area contributed by atoms with Gasteiger partial charge in [0.15, 0.2) is 0 Å². The van der Waals surface area contributed by atoms with E-state index in [1.807, 2.05) is 0 Å². The van der Waals surface area contributed by atoms with E-state index >= 15 is 0 Å². The molecule has 0 N–H and O–H groups in total. The van der Waals surface area contributed by atoms with Crippen molar-refractivity contribution in [3.05, 3.63) is 35.9 Å². The lowest BCUT2D eigenvalue weighted by Crippen LogP contribution is -2.30. The van der Waals surface area contributed by atoms with E-state index in [9.17, 15) is 0 Å². The van der Waals surface area contributed by atoms with Gasteiger partial charge in [0, 0.05) is 34.0 Å². The maximum atomic E-state index is 5.41. The van der Waals surface area contributed by atoms with Crippen LogP contribution in [0.15, 0.2) is 30.3 Å². The standard InChI is InChI=1S/C13H20.C12H24O.C11H24.2C10H22O.C10H22.C9H20.C8H18/c1-10(2)13(11(3)4)12-8-6-5-7-9-12;1-9(2)12(10(3)4)11-5-7-13-8-6-11;1-7-10(6)11(8(2)3)9(4)5;1-8(2)10(9(3)4)6-7-11-5;1-7(2)10(8(3)4)9(5)11-6;1-7(2)10(8(3)4)9(5)6;1-6-9(7(2)3)8(4)5;1-6(2)8(5)7(3)4/h5-11,13H,1-4H3;9-12H,5-8H2,1-4H3;8-11H,7H2,1-6H3;8-10H,6-7H2,1-5H3;7-10H,1-6H3;7-10H,1-6H3;7-9H,6H2,1-5H3;6-8H,1-5H3. The molecule has 2 atom stereocenters. The second kappa shape index (κ2) is 55.7. The summed E-state index contributed by atoms with van der Waals surface area (Å²) in [6.07, 6.45) is 6.79. The molecule has 2 rings (SSSR count). The normalized spacial score (nSPS) is 14.1. The fourth-order valence-electron chi connectivity index (χ4n) is 16.0. The zero-order chi connectivity index (χ0) is 69.1. The van der Waals surface area contributed by atoms with Crippen LogP contribution in [-0.2, 0) is 14.2 Å². The first kappa shape index (κ1) is 96.2. The van der Waals surface area contributed by atoms with Crippen molar-refractivity contribution in [2.24, 2.45) is 154 Å². The van der Waals surface area contributed by atoms with Crippen molar-refractivity contribution in [2.45, 2.75) is 314 Å². The Morgan fingerprint density at radius 1 is 0.372 bits per heavy atom. The molecule has 3 heteroatoms. The third-order valence-corrected chi connectivity index (χ3v) is 20.2. The Kier molecular flexibility index (Phi) is 62.3. The van der Waals surface area contributed by atoms with Gasteiger partial charge in [-0.25, -0.2) is 0 Å². The molecular weight excluding hydrogens is 1040 g/mol. The van der Waals surface area contributed by atoms with Gasteiger partial charge in [0.2, 0.25) is 0 Å². The molecule has 86 heavy (non-hydrogen) atoms. The lowest BCUT2D eigenvalue weighted by Gasteiger charge is -2.35. The van der Waals surface area contributed by atoms with Crippen LogP contribution >= 0.6 is 0 Å². The van der Waals surface area contributed by atoms with Crippen molar-refractivity contribution >= 4 is 0 Å². The largest absolute Gasteiger partial charge is 0.385 e. The number of hydrogen-bond donors (Lipinski definition) is 0. The first-order valence-corrected chi connectivity index (χ1v) is 37.1. The molecule has 3 nitrogen and oxygen atoms in total. The van der Waals surface area contributed by atoms with Crippen LogP contribution < -0.4 is 0 Å². The Hall–Kier alpha value is -0.900. The van der Waals surface area contributed by atoms with Gasteiger partial charge < -0.3 is 14.2 Å². The van der Waals surface area contributed by atoms with Crippen LogP contribution in [0.25, 0.3) is 0 Å². The first-order chi connectivity index (χ1) is 39.5. The second-order valence-electron chi connectivity index (χ2n) is 33.0. The van der Waals surface area contributed by atoms with E-state index in [4.69, 9.17) is 14.2 Å². The van der Waals surface area contributed by atoms with Gasteiger partial charge in [0.05, 0.1) is 6.10 Å². The molecule has 1 fully saturated rings. The monoisotopic (exact) mass is 1220 g/mol. The summed E-state index contributed by atoms with van der Waals surface area (Å²) < 4.78 is 15.8. The lowest BCUT2D eigenvalue weighted by molar-refractivity contribution is 0.0253. The van der Waals surface area contributed by atoms with E-state index in [2.05, 4.69) is 300 Å². The van der Waals surface area contributed by atoms with Gasteiger partial charge in [-0.2, -0.15) is 0 Å². The molecule has 0 saturated carbocycles. The van der Waals surface area contributed by atoms with E-state index in [-0.39, 0.29) is 0 Å². The highest BCUT2D eigenvalue weighted by atomic mass is 16.5. The summed E-state index contributed by atoms with van der Waals surface area (Å²) in [6.45, 7) is 92.9. The van der Waals surface area contributed by atoms with Crippen molar-refractivity contribution in [1.29, 1.82) is 0 Å². The zero-order valence-electron chi connectivity index (χ0n) is 67.4. The van der Waals surface area contributed by atoms with Gasteiger partial charge in [-0.15, -0.1) is 0 Å². The highest BCUT2D eigenvalue weighted by Gasteiger charge is 2.29. The van der Waals surface area contributed by atoms with Gasteiger partial charge in [-0.1, -0.05) is 306 Å². The Labute approximate surface area is 549 Å². The van der Waals surface area contributed by atoms with Crippen LogP contribution in [0.2, 0.25) is 0 Å². The number of hydrogen-bond acceptors (Lipinski definition) is 3. The molecule has 1 aliphatic rings. The maximum absolute atomic E-state index is 5.41. The molecule has 0 radical (unpaired) electrons. The molecule has 1 aromatic rings. The minimum absolute atomic E-state index is 0.384. The molecule has 1 heterocycles. The van der Waals surface area contributed by atoms with E-state index < -0.39 is 0 Å². The van der Waals surface area contributed by atoms with Crippen molar-refractivity contribution in [3.8, 4) is 0 Å². The molecule has 1 aromatic carbocycles. The van der Waals surface area contributed by atoms with Crippen LogP contribution in [0.4, 0.5) is 0 Å². The van der Waals surface area contributed by atoms with Gasteiger partial charge in [-0.05, 0) is 192 Å². The Balaban J connectivity index is -0.000000214. The highest BCUT2D eigenvalue weighted by molar-refractivity contribution is 5.20. The molecule has 0 bridgehead atoms. The Morgan fingerprint density at radius 3 is 0.884 bits per heavy atom. The van der Waals surface area contributed by atoms with Crippen LogP contribution in [-0.4, -0.2) is 40.1 Å². The summed E-state index contributed by atoms with van der Waals surface area (Å²) in [4.78, 5) is 0. The van der Waals surface area contributed by atoms with E-state index in [1.165, 1.54) is 37.7 Å². The third kappa shape index (κ3) is 47.1. The fraction of sp³-hybridized carbons (Fsp3) is 0.928. The van der Waals surface area contributed by atoms with Gasteiger partial charge in [0.25, 0.3) is 0 Å². The number of rotatable bonds is 27. The topological polar surface area (TPSA) is 27.7 Å². The van der Waals surface area contributed by atoms with E-state index in [0.29, 0.717) is 29.8 Å². The molecular formula is C83H172O3. The first-order valence-electron chi connectivity index (χ1n) is 37.1. The second-order valence-corrected chi connectivity index (χ2v) is 33.0. The molecule has 522 valence electrons. The molecule has 0 aromatic heterocycles. The highest BCUT2D eigenvalue weighted by Crippen LogP contribution is 2.36.